The lowest BCUT2D eigenvalue weighted by molar-refractivity contribution is -0.384. The molecule has 0 saturated carbocycles. The lowest BCUT2D eigenvalue weighted by Gasteiger charge is -2.26. The lowest BCUT2D eigenvalue weighted by atomic mass is 10.1. The van der Waals surface area contributed by atoms with Crippen molar-refractivity contribution in [2.24, 2.45) is 0 Å². The zero-order chi connectivity index (χ0) is 15.7. The molecule has 0 bridgehead atoms. The molecule has 1 aromatic carbocycles. The number of non-ortho nitro benzene ring substituents is 1. The summed E-state index contributed by atoms with van der Waals surface area (Å²) in [6.45, 7) is 2.15. The van der Waals surface area contributed by atoms with Crippen LogP contribution in [0.2, 0.25) is 0 Å². The molecule has 7 heteroatoms. The van der Waals surface area contributed by atoms with Gasteiger partial charge in [0.15, 0.2) is 0 Å². The maximum atomic E-state index is 10.7. The van der Waals surface area contributed by atoms with E-state index in [-0.39, 0.29) is 5.69 Å². The minimum absolute atomic E-state index is 0.00997. The Morgan fingerprint density at radius 3 is 2.14 bits per heavy atom. The molecule has 0 saturated heterocycles. The Morgan fingerprint density at radius 2 is 1.76 bits per heavy atom. The number of nitro groups is 1. The van der Waals surface area contributed by atoms with Gasteiger partial charge < -0.3 is 9.47 Å². The third-order valence-corrected chi connectivity index (χ3v) is 3.07. The van der Waals surface area contributed by atoms with Gasteiger partial charge in [-0.05, 0) is 17.7 Å². The number of hydrogen-bond acceptors (Lipinski definition) is 6. The molecule has 0 aromatic heterocycles. The van der Waals surface area contributed by atoms with Gasteiger partial charge in [0.1, 0.15) is 6.04 Å². The predicted molar refractivity (Wildman–Crippen MR) is 76.8 cm³/mol. The molecular weight excluding hydrogens is 274 g/mol. The highest BCUT2D eigenvalue weighted by molar-refractivity contribution is 5.35. The van der Waals surface area contributed by atoms with Crippen LogP contribution in [0.5, 0.6) is 0 Å². The SMILES string of the molecule is COCCN(CCOC)C(C#N)c1ccc([N+](=O)[O-])cc1. The Hall–Kier alpha value is -2.01. The molecule has 0 amide bonds. The van der Waals surface area contributed by atoms with Crippen molar-refractivity contribution >= 4 is 5.69 Å². The van der Waals surface area contributed by atoms with Gasteiger partial charge in [-0.15, -0.1) is 0 Å². The van der Waals surface area contributed by atoms with E-state index >= 15 is 0 Å². The smallest absolute Gasteiger partial charge is 0.269 e. The van der Waals surface area contributed by atoms with Crippen molar-refractivity contribution < 1.29 is 14.4 Å². The van der Waals surface area contributed by atoms with Crippen molar-refractivity contribution in [3.8, 4) is 6.07 Å². The molecule has 0 radical (unpaired) electrons. The Balaban J connectivity index is 2.90. The van der Waals surface area contributed by atoms with Crippen LogP contribution in [0, 0.1) is 21.4 Å². The van der Waals surface area contributed by atoms with E-state index in [0.717, 1.165) is 5.56 Å². The number of ether oxygens (including phenoxy) is 2. The van der Waals surface area contributed by atoms with Gasteiger partial charge in [-0.25, -0.2) is 0 Å². The monoisotopic (exact) mass is 293 g/mol. The van der Waals surface area contributed by atoms with Crippen molar-refractivity contribution in [1.29, 1.82) is 5.26 Å². The van der Waals surface area contributed by atoms with Crippen LogP contribution >= 0.6 is 0 Å². The number of hydrogen-bond donors (Lipinski definition) is 0. The number of nitriles is 1. The van der Waals surface area contributed by atoms with Gasteiger partial charge >= 0.3 is 0 Å². The van der Waals surface area contributed by atoms with Gasteiger partial charge in [0.05, 0.1) is 24.2 Å². The van der Waals surface area contributed by atoms with Crippen LogP contribution in [-0.2, 0) is 9.47 Å². The summed E-state index contributed by atoms with van der Waals surface area (Å²) >= 11 is 0. The van der Waals surface area contributed by atoms with Gasteiger partial charge in [-0.2, -0.15) is 5.26 Å². The maximum absolute atomic E-state index is 10.7. The topological polar surface area (TPSA) is 88.6 Å². The van der Waals surface area contributed by atoms with Crippen LogP contribution in [0.25, 0.3) is 0 Å². The summed E-state index contributed by atoms with van der Waals surface area (Å²) < 4.78 is 10.1. The summed E-state index contributed by atoms with van der Waals surface area (Å²) in [6, 6.07) is 7.77. The van der Waals surface area contributed by atoms with Crippen molar-refractivity contribution in [1.82, 2.24) is 4.90 Å². The first kappa shape index (κ1) is 17.0. The van der Waals surface area contributed by atoms with Crippen LogP contribution in [0.3, 0.4) is 0 Å². The molecule has 0 N–H and O–H groups in total. The molecule has 21 heavy (non-hydrogen) atoms. The third kappa shape index (κ3) is 5.11. The van der Waals surface area contributed by atoms with E-state index in [1.54, 1.807) is 26.4 Å². The highest BCUT2D eigenvalue weighted by Gasteiger charge is 2.20. The van der Waals surface area contributed by atoms with Crippen LogP contribution in [0.15, 0.2) is 24.3 Å². The molecule has 0 spiro atoms. The van der Waals surface area contributed by atoms with E-state index < -0.39 is 11.0 Å². The van der Waals surface area contributed by atoms with Crippen molar-refractivity contribution in [3.63, 3.8) is 0 Å². The van der Waals surface area contributed by atoms with E-state index in [1.807, 2.05) is 4.90 Å². The standard InChI is InChI=1S/C14H19N3O4/c1-20-9-7-16(8-10-21-2)14(11-15)12-3-5-13(6-4-12)17(18)19/h3-6,14H,7-10H2,1-2H3. The summed E-state index contributed by atoms with van der Waals surface area (Å²) in [5.41, 5.74) is 0.728. The Labute approximate surface area is 123 Å². The Morgan fingerprint density at radius 1 is 1.24 bits per heavy atom. The first-order chi connectivity index (χ1) is 10.1. The Kier molecular flexibility index (Phi) is 7.32. The average Bonchev–Trinajstić information content (AvgIpc) is 2.50. The minimum atomic E-state index is -0.490. The summed E-state index contributed by atoms with van der Waals surface area (Å²) in [6.07, 6.45) is 0. The summed E-state index contributed by atoms with van der Waals surface area (Å²) in [4.78, 5) is 12.1. The van der Waals surface area contributed by atoms with Gasteiger partial charge in [0, 0.05) is 39.4 Å². The first-order valence-electron chi connectivity index (χ1n) is 6.50. The second-order valence-electron chi connectivity index (χ2n) is 4.40. The summed E-state index contributed by atoms with van der Waals surface area (Å²) in [5, 5.41) is 20.1. The molecule has 0 aliphatic rings. The maximum Gasteiger partial charge on any atom is 0.269 e. The van der Waals surface area contributed by atoms with E-state index in [0.29, 0.717) is 26.3 Å². The van der Waals surface area contributed by atoms with Gasteiger partial charge in [0.2, 0.25) is 0 Å². The van der Waals surface area contributed by atoms with E-state index in [4.69, 9.17) is 9.47 Å². The second kappa shape index (κ2) is 9.02. The normalized spacial score (nSPS) is 12.1. The zero-order valence-corrected chi connectivity index (χ0v) is 12.2. The zero-order valence-electron chi connectivity index (χ0n) is 12.2. The van der Waals surface area contributed by atoms with Gasteiger partial charge in [0.25, 0.3) is 5.69 Å². The first-order valence-corrected chi connectivity index (χ1v) is 6.50. The van der Waals surface area contributed by atoms with E-state index in [9.17, 15) is 15.4 Å². The summed E-state index contributed by atoms with van der Waals surface area (Å²) in [7, 11) is 3.20. The number of methoxy groups -OCH3 is 2. The second-order valence-corrected chi connectivity index (χ2v) is 4.40. The largest absolute Gasteiger partial charge is 0.383 e. The fraction of sp³-hybridized carbons (Fsp3) is 0.500. The molecule has 1 rings (SSSR count). The average molecular weight is 293 g/mol. The highest BCUT2D eigenvalue weighted by atomic mass is 16.6. The fourth-order valence-corrected chi connectivity index (χ4v) is 1.93. The van der Waals surface area contributed by atoms with Crippen LogP contribution < -0.4 is 0 Å². The fourth-order valence-electron chi connectivity index (χ4n) is 1.93. The third-order valence-electron chi connectivity index (χ3n) is 3.07. The molecule has 0 aliphatic carbocycles. The lowest BCUT2D eigenvalue weighted by Crippen LogP contribution is -2.34. The number of nitro benzene ring substituents is 1. The quantitative estimate of drug-likeness (QED) is 0.509. The molecule has 1 aromatic rings. The molecule has 114 valence electrons. The van der Waals surface area contributed by atoms with Gasteiger partial charge in [-0.3, -0.25) is 15.0 Å². The molecule has 0 fully saturated rings. The number of rotatable bonds is 9. The molecule has 0 aliphatic heterocycles. The summed E-state index contributed by atoms with van der Waals surface area (Å²) in [5.74, 6) is 0. The molecule has 1 unspecified atom stereocenters. The minimum Gasteiger partial charge on any atom is -0.383 e. The Bertz CT molecular complexity index is 476. The van der Waals surface area contributed by atoms with E-state index in [2.05, 4.69) is 6.07 Å². The van der Waals surface area contributed by atoms with E-state index in [1.165, 1.54) is 12.1 Å². The molecular formula is C14H19N3O4. The molecule has 7 nitrogen and oxygen atoms in total. The van der Waals surface area contributed by atoms with Crippen LogP contribution in [-0.4, -0.2) is 50.3 Å². The van der Waals surface area contributed by atoms with Crippen molar-refractivity contribution in [3.05, 3.63) is 39.9 Å². The van der Waals surface area contributed by atoms with Crippen molar-refractivity contribution in [2.75, 3.05) is 40.5 Å². The van der Waals surface area contributed by atoms with Crippen LogP contribution in [0.4, 0.5) is 5.69 Å². The number of nitrogens with zero attached hydrogens (tertiary/aromatic N) is 3. The highest BCUT2D eigenvalue weighted by Crippen LogP contribution is 2.22. The molecule has 0 heterocycles. The van der Waals surface area contributed by atoms with Crippen molar-refractivity contribution in [2.45, 2.75) is 6.04 Å². The van der Waals surface area contributed by atoms with Gasteiger partial charge in [-0.1, -0.05) is 0 Å². The predicted octanol–water partition coefficient (Wildman–Crippen LogP) is 1.75. The van der Waals surface area contributed by atoms with Crippen LogP contribution in [0.1, 0.15) is 11.6 Å². The molecule has 1 atom stereocenters. The number of benzene rings is 1.